The van der Waals surface area contributed by atoms with Crippen molar-refractivity contribution in [2.24, 2.45) is 0 Å². The minimum Gasteiger partial charge on any atom is -0.744 e. The van der Waals surface area contributed by atoms with Crippen LogP contribution in [0.1, 0.15) is 82.3 Å². The van der Waals surface area contributed by atoms with Crippen LogP contribution < -0.4 is 4.48 Å². The fraction of sp³-hybridized carbons (Fsp3) is 0.455. The summed E-state index contributed by atoms with van der Waals surface area (Å²) < 4.78 is 33.3. The van der Waals surface area contributed by atoms with Crippen molar-refractivity contribution in [1.82, 2.24) is 4.48 Å². The van der Waals surface area contributed by atoms with Crippen LogP contribution in [0.25, 0.3) is 0 Å². The Labute approximate surface area is 242 Å². The molecule has 3 aromatic carbocycles. The van der Waals surface area contributed by atoms with E-state index in [-0.39, 0.29) is 4.90 Å². The molecule has 0 aliphatic rings. The smallest absolute Gasteiger partial charge is 0.132 e. The first-order chi connectivity index (χ1) is 18.6. The normalized spacial score (nSPS) is 11.6. The van der Waals surface area contributed by atoms with E-state index in [9.17, 15) is 13.0 Å². The van der Waals surface area contributed by atoms with Crippen LogP contribution in [0.3, 0.4) is 0 Å². The summed E-state index contributed by atoms with van der Waals surface area (Å²) in [7, 11) is 0.111. The molecule has 0 saturated carbocycles. The van der Waals surface area contributed by atoms with Crippen molar-refractivity contribution in [2.75, 3.05) is 14.1 Å². The highest BCUT2D eigenvalue weighted by atomic mass is 35.5. The Morgan fingerprint density at radius 1 is 0.667 bits per heavy atom. The number of aryl methyl sites for hydroxylation is 1. The topological polar surface area (TPSA) is 57.2 Å². The average Bonchev–Trinajstić information content (AvgIpc) is 2.92. The number of quaternary nitrogens is 1. The van der Waals surface area contributed by atoms with E-state index in [0.29, 0.717) is 0 Å². The van der Waals surface area contributed by atoms with Gasteiger partial charge in [0.05, 0.1) is 19.0 Å². The molecule has 4 nitrogen and oxygen atoms in total. The molecule has 0 spiro atoms. The number of nitrogens with zero attached hydrogens (tertiary/aromatic N) is 1. The van der Waals surface area contributed by atoms with Crippen molar-refractivity contribution < 1.29 is 13.0 Å². The van der Waals surface area contributed by atoms with E-state index in [2.05, 4.69) is 57.4 Å². The van der Waals surface area contributed by atoms with Gasteiger partial charge >= 0.3 is 0 Å². The molecule has 214 valence electrons. The first-order valence-corrected chi connectivity index (χ1v) is 16.1. The van der Waals surface area contributed by atoms with Gasteiger partial charge in [-0.3, -0.25) is 4.48 Å². The highest BCUT2D eigenvalue weighted by molar-refractivity contribution is 7.85. The minimum absolute atomic E-state index is 0.140. The molecule has 0 fully saturated rings. The van der Waals surface area contributed by atoms with E-state index in [1.54, 1.807) is 12.1 Å². The summed E-state index contributed by atoms with van der Waals surface area (Å²) in [5, 5.41) is 0.791. The average molecular weight is 572 g/mol. The van der Waals surface area contributed by atoms with E-state index >= 15 is 0 Å². The molecule has 0 heterocycles. The van der Waals surface area contributed by atoms with Crippen LogP contribution in [0.4, 0.5) is 5.69 Å². The van der Waals surface area contributed by atoms with Gasteiger partial charge in [-0.25, -0.2) is 8.42 Å². The first-order valence-electron chi connectivity index (χ1n) is 14.3. The second-order valence-corrected chi connectivity index (χ2v) is 12.7. The molecule has 0 saturated heterocycles. The summed E-state index contributed by atoms with van der Waals surface area (Å²) in [5.41, 5.74) is 3.71. The zero-order valence-electron chi connectivity index (χ0n) is 23.9. The van der Waals surface area contributed by atoms with Gasteiger partial charge in [-0.05, 0) is 54.8 Å². The molecule has 6 heteroatoms. The lowest BCUT2D eigenvalue weighted by molar-refractivity contribution is 0.392. The van der Waals surface area contributed by atoms with Crippen molar-refractivity contribution >= 4 is 27.4 Å². The Hall–Kier alpha value is -2.18. The van der Waals surface area contributed by atoms with Crippen LogP contribution >= 0.6 is 11.6 Å². The largest absolute Gasteiger partial charge is 0.744 e. The third kappa shape index (κ3) is 13.6. The third-order valence-corrected chi connectivity index (χ3v) is 8.08. The van der Waals surface area contributed by atoms with Gasteiger partial charge in [-0.2, -0.15) is 0 Å². The number of para-hydroxylation sites is 1. The SMILES string of the molecule is CCCCCCCCCCCCc1ccc(S(=O)(=O)[O-])cc1.C[N+](C)(Cc1ccc(Cl)cc1)c1ccccc1. The van der Waals surface area contributed by atoms with Crippen LogP contribution in [-0.2, 0) is 23.1 Å². The zero-order chi connectivity index (χ0) is 28.6. The molecular formula is C33H46ClNO3S. The Balaban J connectivity index is 0.000000282. The van der Waals surface area contributed by atoms with Gasteiger partial charge < -0.3 is 4.55 Å². The van der Waals surface area contributed by atoms with Crippen molar-refractivity contribution in [3.63, 3.8) is 0 Å². The number of unbranched alkanes of at least 4 members (excludes halogenated alkanes) is 9. The fourth-order valence-corrected chi connectivity index (χ4v) is 5.20. The Bertz CT molecular complexity index is 1160. The molecule has 0 atom stereocenters. The molecule has 0 amide bonds. The summed E-state index contributed by atoms with van der Waals surface area (Å²) in [5.74, 6) is 0. The highest BCUT2D eigenvalue weighted by Gasteiger charge is 2.18. The molecule has 0 unspecified atom stereocenters. The lowest BCUT2D eigenvalue weighted by Crippen LogP contribution is -2.39. The number of halogens is 1. The zero-order valence-corrected chi connectivity index (χ0v) is 25.5. The van der Waals surface area contributed by atoms with E-state index in [1.807, 2.05) is 18.2 Å². The van der Waals surface area contributed by atoms with Gasteiger partial charge in [0, 0.05) is 10.6 Å². The maximum atomic E-state index is 10.8. The van der Waals surface area contributed by atoms with Crippen LogP contribution in [-0.4, -0.2) is 27.1 Å². The van der Waals surface area contributed by atoms with Gasteiger partial charge in [-0.15, -0.1) is 0 Å². The van der Waals surface area contributed by atoms with E-state index in [4.69, 9.17) is 11.6 Å². The molecule has 0 bridgehead atoms. The van der Waals surface area contributed by atoms with Gasteiger partial charge in [-0.1, -0.05) is 119 Å². The predicted molar refractivity (Wildman–Crippen MR) is 165 cm³/mol. The van der Waals surface area contributed by atoms with Crippen LogP contribution in [0.2, 0.25) is 5.02 Å². The van der Waals surface area contributed by atoms with Crippen LogP contribution in [0.15, 0.2) is 83.8 Å². The summed E-state index contributed by atoms with van der Waals surface area (Å²) in [6.07, 6.45) is 14.0. The molecule has 0 aliphatic carbocycles. The predicted octanol–water partition coefficient (Wildman–Crippen LogP) is 9.16. The Kier molecular flexibility index (Phi) is 14.8. The molecule has 0 aliphatic heterocycles. The fourth-order valence-electron chi connectivity index (χ4n) is 4.61. The first kappa shape index (κ1) is 33.0. The third-order valence-electron chi connectivity index (χ3n) is 6.98. The summed E-state index contributed by atoms with van der Waals surface area (Å²) in [6.45, 7) is 3.20. The molecule has 39 heavy (non-hydrogen) atoms. The number of rotatable bonds is 15. The number of hydrogen-bond acceptors (Lipinski definition) is 3. The molecular weight excluding hydrogens is 526 g/mol. The highest BCUT2D eigenvalue weighted by Crippen LogP contribution is 2.22. The summed E-state index contributed by atoms with van der Waals surface area (Å²) in [4.78, 5) is -0.140. The van der Waals surface area contributed by atoms with E-state index in [0.717, 1.165) is 34.5 Å². The monoisotopic (exact) mass is 571 g/mol. The second kappa shape index (κ2) is 17.5. The molecule has 3 aromatic rings. The van der Waals surface area contributed by atoms with Crippen molar-refractivity contribution in [2.45, 2.75) is 89.0 Å². The molecule has 0 N–H and O–H groups in total. The van der Waals surface area contributed by atoms with Gasteiger partial charge in [0.15, 0.2) is 0 Å². The van der Waals surface area contributed by atoms with E-state index in [1.165, 1.54) is 81.2 Å². The van der Waals surface area contributed by atoms with Gasteiger partial charge in [0.2, 0.25) is 0 Å². The maximum Gasteiger partial charge on any atom is 0.132 e. The molecule has 3 rings (SSSR count). The summed E-state index contributed by atoms with van der Waals surface area (Å²) in [6, 6.07) is 24.9. The lowest BCUT2D eigenvalue weighted by Gasteiger charge is -2.29. The Morgan fingerprint density at radius 3 is 1.67 bits per heavy atom. The minimum atomic E-state index is -4.31. The quantitative estimate of drug-likeness (QED) is 0.104. The maximum absolute atomic E-state index is 10.8. The summed E-state index contributed by atoms with van der Waals surface area (Å²) >= 11 is 5.89. The number of hydrogen-bond donors (Lipinski definition) is 0. The van der Waals surface area contributed by atoms with Crippen molar-refractivity contribution in [1.29, 1.82) is 0 Å². The second-order valence-electron chi connectivity index (χ2n) is 10.8. The molecule has 0 radical (unpaired) electrons. The van der Waals surface area contributed by atoms with Gasteiger partial charge in [0.1, 0.15) is 22.4 Å². The van der Waals surface area contributed by atoms with Crippen molar-refractivity contribution in [3.05, 3.63) is 95.0 Å². The van der Waals surface area contributed by atoms with E-state index < -0.39 is 10.1 Å². The Morgan fingerprint density at radius 2 is 1.15 bits per heavy atom. The standard InChI is InChI=1S/C18H30O3S.C15H17ClN/c1-2-3-4-5-6-7-8-9-10-11-12-17-13-15-18(16-14-17)22(19,20)21;1-17(2,15-6-4-3-5-7-15)12-13-8-10-14(16)11-9-13/h13-16H,2-12H2,1H3,(H,19,20,21);3-11H,12H2,1-2H3/q;+1/p-1. The van der Waals surface area contributed by atoms with Crippen LogP contribution in [0, 0.1) is 0 Å². The van der Waals surface area contributed by atoms with Crippen LogP contribution in [0.5, 0.6) is 0 Å². The van der Waals surface area contributed by atoms with Crippen molar-refractivity contribution in [3.8, 4) is 0 Å². The molecule has 0 aromatic heterocycles. The van der Waals surface area contributed by atoms with Gasteiger partial charge in [0.25, 0.3) is 0 Å². The lowest BCUT2D eigenvalue weighted by atomic mass is 10.0. The number of benzene rings is 3.